The molecule has 0 amide bonds. The fourth-order valence-corrected chi connectivity index (χ4v) is 7.90. The summed E-state index contributed by atoms with van der Waals surface area (Å²) >= 11 is 0. The first kappa shape index (κ1) is 19.7. The van der Waals surface area contributed by atoms with Crippen LogP contribution in [0.5, 0.6) is 0 Å². The van der Waals surface area contributed by atoms with Crippen LogP contribution in [-0.2, 0) is 14.0 Å². The number of rotatable bonds is 8. The second kappa shape index (κ2) is 7.33. The van der Waals surface area contributed by atoms with Gasteiger partial charge in [-0.25, -0.2) is 0 Å². The van der Waals surface area contributed by atoms with Gasteiger partial charge in [0.05, 0.1) is 12.5 Å². The molecule has 5 atom stereocenters. The van der Waals surface area contributed by atoms with E-state index >= 15 is 0 Å². The highest BCUT2D eigenvalue weighted by atomic mass is 28.4. The predicted octanol–water partition coefficient (Wildman–Crippen LogP) is 5.18. The van der Waals surface area contributed by atoms with Crippen molar-refractivity contribution < 1.29 is 14.0 Å². The molecular formula is C20H36O3Si. The second-order valence-electron chi connectivity index (χ2n) is 8.56. The Morgan fingerprint density at radius 3 is 2.42 bits per heavy atom. The zero-order valence-corrected chi connectivity index (χ0v) is 17.4. The first-order valence-electron chi connectivity index (χ1n) is 9.73. The molecule has 1 saturated carbocycles. The highest BCUT2D eigenvalue weighted by Gasteiger charge is 2.57. The average molecular weight is 353 g/mol. The van der Waals surface area contributed by atoms with E-state index in [2.05, 4.69) is 48.1 Å². The van der Waals surface area contributed by atoms with Gasteiger partial charge in [-0.05, 0) is 36.4 Å². The Morgan fingerprint density at radius 1 is 1.33 bits per heavy atom. The molecule has 3 nitrogen and oxygen atoms in total. The lowest BCUT2D eigenvalue weighted by atomic mass is 9.83. The van der Waals surface area contributed by atoms with Gasteiger partial charge >= 0.3 is 5.97 Å². The van der Waals surface area contributed by atoms with Crippen molar-refractivity contribution in [2.45, 2.75) is 84.7 Å². The number of carbonyl (C=O) groups is 1. The summed E-state index contributed by atoms with van der Waals surface area (Å²) < 4.78 is 12.7. The first-order valence-corrected chi connectivity index (χ1v) is 12.3. The molecule has 2 rings (SSSR count). The smallest absolute Gasteiger partial charge is 0.306 e. The van der Waals surface area contributed by atoms with E-state index in [0.717, 1.165) is 24.6 Å². The molecule has 0 radical (unpaired) electrons. The first-order chi connectivity index (χ1) is 11.2. The molecule has 0 bridgehead atoms. The topological polar surface area (TPSA) is 35.5 Å². The summed E-state index contributed by atoms with van der Waals surface area (Å²) in [4.78, 5) is 11.9. The van der Waals surface area contributed by atoms with Crippen molar-refractivity contribution in [3.05, 3.63) is 12.7 Å². The van der Waals surface area contributed by atoms with Crippen LogP contribution in [0.1, 0.15) is 54.4 Å². The standard InChI is InChI=1S/C20H36O3Si/c1-8-14(5)18(23-24(9-2,10-3)11-4)16-13-20(6,7)19-15(16)12-17(21)22-19/h8,14-16,18-19H,1,9-13H2,2-7H3/t14-,15+,16+,18-,19+/m0/s1. The molecule has 1 heterocycles. The number of hydrogen-bond donors (Lipinski definition) is 0. The van der Waals surface area contributed by atoms with E-state index in [4.69, 9.17) is 9.16 Å². The van der Waals surface area contributed by atoms with Crippen molar-refractivity contribution in [1.29, 1.82) is 0 Å². The number of fused-ring (bicyclic) bond motifs is 1. The molecule has 1 aliphatic heterocycles. The lowest BCUT2D eigenvalue weighted by Gasteiger charge is -2.39. The van der Waals surface area contributed by atoms with E-state index in [1.165, 1.54) is 0 Å². The van der Waals surface area contributed by atoms with E-state index in [1.807, 2.05) is 6.08 Å². The lowest BCUT2D eigenvalue weighted by molar-refractivity contribution is -0.145. The van der Waals surface area contributed by atoms with Crippen LogP contribution in [0.2, 0.25) is 18.1 Å². The van der Waals surface area contributed by atoms with Gasteiger partial charge in [0.15, 0.2) is 8.32 Å². The minimum Gasteiger partial charge on any atom is -0.461 e. The molecule has 0 aromatic heterocycles. The summed E-state index contributed by atoms with van der Waals surface area (Å²) in [5, 5.41) is 0. The molecule has 0 aromatic carbocycles. The van der Waals surface area contributed by atoms with Gasteiger partial charge in [0.2, 0.25) is 0 Å². The van der Waals surface area contributed by atoms with Crippen LogP contribution in [0.4, 0.5) is 0 Å². The van der Waals surface area contributed by atoms with Gasteiger partial charge in [-0.2, -0.15) is 0 Å². The summed E-state index contributed by atoms with van der Waals surface area (Å²) in [6.07, 6.45) is 3.88. The summed E-state index contributed by atoms with van der Waals surface area (Å²) in [5.41, 5.74) is 0.0405. The van der Waals surface area contributed by atoms with Crippen LogP contribution >= 0.6 is 0 Å². The second-order valence-corrected chi connectivity index (χ2v) is 13.3. The molecule has 1 saturated heterocycles. The van der Waals surface area contributed by atoms with Crippen molar-refractivity contribution >= 4 is 14.3 Å². The van der Waals surface area contributed by atoms with Crippen molar-refractivity contribution in [3.8, 4) is 0 Å². The van der Waals surface area contributed by atoms with Crippen LogP contribution < -0.4 is 0 Å². The van der Waals surface area contributed by atoms with Crippen molar-refractivity contribution in [2.75, 3.05) is 0 Å². The molecule has 0 aromatic rings. The fraction of sp³-hybridized carbons (Fsp3) is 0.850. The van der Waals surface area contributed by atoms with Gasteiger partial charge in [0, 0.05) is 11.3 Å². The lowest BCUT2D eigenvalue weighted by Crippen LogP contribution is -2.45. The summed E-state index contributed by atoms with van der Waals surface area (Å²) in [6.45, 7) is 17.6. The molecule has 0 N–H and O–H groups in total. The number of carbonyl (C=O) groups excluding carboxylic acids is 1. The predicted molar refractivity (Wildman–Crippen MR) is 101 cm³/mol. The van der Waals surface area contributed by atoms with Gasteiger partial charge in [0.1, 0.15) is 6.10 Å². The van der Waals surface area contributed by atoms with Crippen LogP contribution in [0.15, 0.2) is 12.7 Å². The average Bonchev–Trinajstić information content (AvgIpc) is 3.06. The minimum atomic E-state index is -1.71. The van der Waals surface area contributed by atoms with Crippen LogP contribution in [0.3, 0.4) is 0 Å². The Labute approximate surface area is 149 Å². The fourth-order valence-electron chi connectivity index (χ4n) is 4.93. The highest BCUT2D eigenvalue weighted by molar-refractivity contribution is 6.73. The van der Waals surface area contributed by atoms with Crippen molar-refractivity contribution in [2.24, 2.45) is 23.2 Å². The van der Waals surface area contributed by atoms with E-state index in [0.29, 0.717) is 24.2 Å². The third-order valence-corrected chi connectivity index (χ3v) is 11.4. The molecular weight excluding hydrogens is 316 g/mol. The van der Waals surface area contributed by atoms with Crippen molar-refractivity contribution in [3.63, 3.8) is 0 Å². The summed E-state index contributed by atoms with van der Waals surface area (Å²) in [6, 6.07) is 3.46. The van der Waals surface area contributed by atoms with Gasteiger partial charge < -0.3 is 9.16 Å². The number of esters is 1. The van der Waals surface area contributed by atoms with Crippen LogP contribution in [0, 0.1) is 23.2 Å². The molecule has 138 valence electrons. The highest BCUT2D eigenvalue weighted by Crippen LogP contribution is 2.54. The largest absolute Gasteiger partial charge is 0.461 e. The molecule has 0 unspecified atom stereocenters. The van der Waals surface area contributed by atoms with Gasteiger partial charge in [-0.1, -0.05) is 47.6 Å². The normalized spacial score (nSPS) is 31.4. The molecule has 1 aliphatic carbocycles. The monoisotopic (exact) mass is 352 g/mol. The van der Waals surface area contributed by atoms with Gasteiger partial charge in [-0.15, -0.1) is 6.58 Å². The zero-order chi connectivity index (χ0) is 18.1. The number of hydrogen-bond acceptors (Lipinski definition) is 3. The Morgan fingerprint density at radius 2 is 1.92 bits per heavy atom. The molecule has 2 fully saturated rings. The van der Waals surface area contributed by atoms with E-state index in [1.54, 1.807) is 0 Å². The SMILES string of the molecule is C=C[C@H](C)[C@H](O[Si](CC)(CC)CC)[C@@H]1CC(C)(C)[C@@H]2OC(=O)C[C@H]12. The third kappa shape index (κ3) is 3.50. The maximum atomic E-state index is 11.9. The Hall–Kier alpha value is -0.613. The maximum absolute atomic E-state index is 11.9. The van der Waals surface area contributed by atoms with Gasteiger partial charge in [0.25, 0.3) is 0 Å². The number of ether oxygens (including phenoxy) is 1. The quantitative estimate of drug-likeness (QED) is 0.343. The van der Waals surface area contributed by atoms with Crippen LogP contribution in [0.25, 0.3) is 0 Å². The molecule has 2 aliphatic rings. The molecule has 0 spiro atoms. The maximum Gasteiger partial charge on any atom is 0.306 e. The van der Waals surface area contributed by atoms with Gasteiger partial charge in [-0.3, -0.25) is 4.79 Å². The van der Waals surface area contributed by atoms with E-state index in [-0.39, 0.29) is 23.6 Å². The van der Waals surface area contributed by atoms with E-state index < -0.39 is 8.32 Å². The molecule has 24 heavy (non-hydrogen) atoms. The third-order valence-electron chi connectivity index (χ3n) is 6.76. The van der Waals surface area contributed by atoms with E-state index in [9.17, 15) is 4.79 Å². The van der Waals surface area contributed by atoms with Crippen LogP contribution in [-0.4, -0.2) is 26.5 Å². The zero-order valence-electron chi connectivity index (χ0n) is 16.4. The minimum absolute atomic E-state index is 0.0298. The Balaban J connectivity index is 2.31. The summed E-state index contributed by atoms with van der Waals surface area (Å²) in [7, 11) is -1.71. The Kier molecular flexibility index (Phi) is 6.02. The van der Waals surface area contributed by atoms with Crippen molar-refractivity contribution in [1.82, 2.24) is 0 Å². The summed E-state index contributed by atoms with van der Waals surface area (Å²) in [5.74, 6) is 0.965. The Bertz CT molecular complexity index is 461. The molecule has 4 heteroatoms.